The standard InChI is InChI=1S/C13H18N2O3/c16-12(11-6-3-7-14-11)15-8-9-4-1-2-5-10(9)13(17)18/h3,6-7,9-10,14H,1-2,4-5,8H2,(H,15,16)(H,17,18). The van der Waals surface area contributed by atoms with Crippen LogP contribution in [0.5, 0.6) is 0 Å². The smallest absolute Gasteiger partial charge is 0.306 e. The molecule has 1 aromatic heterocycles. The van der Waals surface area contributed by atoms with Crippen LogP contribution in [0, 0.1) is 11.8 Å². The van der Waals surface area contributed by atoms with Crippen LogP contribution in [-0.2, 0) is 4.79 Å². The minimum absolute atomic E-state index is 0.0511. The summed E-state index contributed by atoms with van der Waals surface area (Å²) >= 11 is 0. The van der Waals surface area contributed by atoms with Gasteiger partial charge in [-0.2, -0.15) is 0 Å². The van der Waals surface area contributed by atoms with Crippen LogP contribution >= 0.6 is 0 Å². The van der Waals surface area contributed by atoms with Gasteiger partial charge in [0.25, 0.3) is 5.91 Å². The molecule has 2 atom stereocenters. The Hall–Kier alpha value is -1.78. The van der Waals surface area contributed by atoms with Crippen LogP contribution in [0.25, 0.3) is 0 Å². The number of rotatable bonds is 4. The summed E-state index contributed by atoms with van der Waals surface area (Å²) in [5.74, 6) is -1.18. The summed E-state index contributed by atoms with van der Waals surface area (Å²) in [6.45, 7) is 0.439. The van der Waals surface area contributed by atoms with E-state index >= 15 is 0 Å². The monoisotopic (exact) mass is 250 g/mol. The van der Waals surface area contributed by atoms with E-state index in [0.717, 1.165) is 25.7 Å². The molecule has 2 rings (SSSR count). The van der Waals surface area contributed by atoms with Crippen LogP contribution in [0.15, 0.2) is 18.3 Å². The Bertz CT molecular complexity index is 414. The normalized spacial score (nSPS) is 23.6. The van der Waals surface area contributed by atoms with E-state index < -0.39 is 5.97 Å². The molecule has 0 bridgehead atoms. The molecule has 2 unspecified atom stereocenters. The van der Waals surface area contributed by atoms with Crippen molar-refractivity contribution in [1.82, 2.24) is 10.3 Å². The third-order valence-corrected chi connectivity index (χ3v) is 3.59. The first-order chi connectivity index (χ1) is 8.68. The van der Waals surface area contributed by atoms with E-state index in [4.69, 9.17) is 5.11 Å². The molecular weight excluding hydrogens is 232 g/mol. The maximum Gasteiger partial charge on any atom is 0.306 e. The fraction of sp³-hybridized carbons (Fsp3) is 0.538. The van der Waals surface area contributed by atoms with Gasteiger partial charge in [-0.3, -0.25) is 9.59 Å². The third kappa shape index (κ3) is 2.91. The van der Waals surface area contributed by atoms with E-state index in [1.165, 1.54) is 0 Å². The van der Waals surface area contributed by atoms with Crippen molar-refractivity contribution in [2.45, 2.75) is 25.7 Å². The lowest BCUT2D eigenvalue weighted by Gasteiger charge is -2.28. The van der Waals surface area contributed by atoms with Crippen LogP contribution in [0.3, 0.4) is 0 Å². The Labute approximate surface area is 106 Å². The van der Waals surface area contributed by atoms with Crippen molar-refractivity contribution >= 4 is 11.9 Å². The van der Waals surface area contributed by atoms with Crippen molar-refractivity contribution < 1.29 is 14.7 Å². The lowest BCUT2D eigenvalue weighted by Crippen LogP contribution is -2.37. The average Bonchev–Trinajstić information content (AvgIpc) is 2.90. The van der Waals surface area contributed by atoms with Gasteiger partial charge in [0, 0.05) is 12.7 Å². The summed E-state index contributed by atoms with van der Waals surface area (Å²) in [5, 5.41) is 11.9. The Morgan fingerprint density at radius 2 is 2.17 bits per heavy atom. The number of H-pyrrole nitrogens is 1. The molecule has 1 saturated carbocycles. The summed E-state index contributed by atoms with van der Waals surface area (Å²) < 4.78 is 0. The summed E-state index contributed by atoms with van der Waals surface area (Å²) in [5.41, 5.74) is 0.512. The summed E-state index contributed by atoms with van der Waals surface area (Å²) in [4.78, 5) is 25.7. The number of carboxylic acids is 1. The van der Waals surface area contributed by atoms with E-state index in [1.807, 2.05) is 0 Å². The lowest BCUT2D eigenvalue weighted by atomic mass is 9.79. The Kier molecular flexibility index (Phi) is 4.02. The van der Waals surface area contributed by atoms with Gasteiger partial charge in [-0.15, -0.1) is 0 Å². The van der Waals surface area contributed by atoms with E-state index in [2.05, 4.69) is 10.3 Å². The molecule has 1 amide bonds. The Morgan fingerprint density at radius 1 is 1.39 bits per heavy atom. The van der Waals surface area contributed by atoms with E-state index in [-0.39, 0.29) is 17.7 Å². The SMILES string of the molecule is O=C(NCC1CCCCC1C(=O)O)c1ccc[nH]1. The number of carbonyl (C=O) groups excluding carboxylic acids is 1. The molecule has 0 aromatic carbocycles. The summed E-state index contributed by atoms with van der Waals surface area (Å²) in [6, 6.07) is 3.46. The largest absolute Gasteiger partial charge is 0.481 e. The van der Waals surface area contributed by atoms with E-state index in [0.29, 0.717) is 12.2 Å². The quantitative estimate of drug-likeness (QED) is 0.759. The van der Waals surface area contributed by atoms with Gasteiger partial charge in [-0.1, -0.05) is 12.8 Å². The molecular formula is C13H18N2O3. The molecule has 18 heavy (non-hydrogen) atoms. The highest BCUT2D eigenvalue weighted by atomic mass is 16.4. The minimum Gasteiger partial charge on any atom is -0.481 e. The van der Waals surface area contributed by atoms with Gasteiger partial charge < -0.3 is 15.4 Å². The van der Waals surface area contributed by atoms with Crippen molar-refractivity contribution in [3.63, 3.8) is 0 Å². The topological polar surface area (TPSA) is 82.2 Å². The molecule has 1 aliphatic rings. The second-order valence-corrected chi connectivity index (χ2v) is 4.78. The minimum atomic E-state index is -0.742. The molecule has 1 aliphatic carbocycles. The number of nitrogens with one attached hydrogen (secondary N) is 2. The number of hydrogen-bond donors (Lipinski definition) is 3. The summed E-state index contributed by atoms with van der Waals surface area (Å²) in [6.07, 6.45) is 5.31. The zero-order valence-electron chi connectivity index (χ0n) is 10.2. The van der Waals surface area contributed by atoms with Gasteiger partial charge in [-0.05, 0) is 30.9 Å². The van der Waals surface area contributed by atoms with Crippen molar-refractivity contribution in [3.8, 4) is 0 Å². The second kappa shape index (κ2) is 5.71. The van der Waals surface area contributed by atoms with Gasteiger partial charge in [0.15, 0.2) is 0 Å². The molecule has 5 nitrogen and oxygen atoms in total. The van der Waals surface area contributed by atoms with Crippen LogP contribution in [-0.4, -0.2) is 28.5 Å². The number of carbonyl (C=O) groups is 2. The van der Waals surface area contributed by atoms with Crippen molar-refractivity contribution in [2.24, 2.45) is 11.8 Å². The zero-order chi connectivity index (χ0) is 13.0. The summed E-state index contributed by atoms with van der Waals surface area (Å²) in [7, 11) is 0. The van der Waals surface area contributed by atoms with E-state index in [9.17, 15) is 9.59 Å². The number of aromatic amines is 1. The third-order valence-electron chi connectivity index (χ3n) is 3.59. The number of aromatic nitrogens is 1. The van der Waals surface area contributed by atoms with Gasteiger partial charge in [-0.25, -0.2) is 0 Å². The van der Waals surface area contributed by atoms with Crippen LogP contribution < -0.4 is 5.32 Å². The zero-order valence-corrected chi connectivity index (χ0v) is 10.2. The first-order valence-corrected chi connectivity index (χ1v) is 6.33. The highest BCUT2D eigenvalue weighted by molar-refractivity contribution is 5.92. The second-order valence-electron chi connectivity index (χ2n) is 4.78. The fourth-order valence-corrected chi connectivity index (χ4v) is 2.57. The molecule has 0 saturated heterocycles. The van der Waals surface area contributed by atoms with Crippen LogP contribution in [0.2, 0.25) is 0 Å². The fourth-order valence-electron chi connectivity index (χ4n) is 2.57. The van der Waals surface area contributed by atoms with Crippen LogP contribution in [0.1, 0.15) is 36.2 Å². The van der Waals surface area contributed by atoms with Gasteiger partial charge >= 0.3 is 5.97 Å². The molecule has 1 fully saturated rings. The molecule has 1 aromatic rings. The molecule has 0 aliphatic heterocycles. The lowest BCUT2D eigenvalue weighted by molar-refractivity contribution is -0.144. The van der Waals surface area contributed by atoms with Crippen LogP contribution in [0.4, 0.5) is 0 Å². The maximum absolute atomic E-state index is 11.7. The predicted molar refractivity (Wildman–Crippen MR) is 66.2 cm³/mol. The number of carboxylic acid groups (broad SMARTS) is 1. The average molecular weight is 250 g/mol. The number of amides is 1. The predicted octanol–water partition coefficient (Wildman–Crippen LogP) is 1.64. The maximum atomic E-state index is 11.7. The molecule has 3 N–H and O–H groups in total. The van der Waals surface area contributed by atoms with Crippen molar-refractivity contribution in [2.75, 3.05) is 6.54 Å². The first kappa shape index (κ1) is 12.7. The van der Waals surface area contributed by atoms with E-state index in [1.54, 1.807) is 18.3 Å². The Balaban J connectivity index is 1.88. The molecule has 0 radical (unpaired) electrons. The Morgan fingerprint density at radius 3 is 2.83 bits per heavy atom. The van der Waals surface area contributed by atoms with Crippen molar-refractivity contribution in [1.29, 1.82) is 0 Å². The molecule has 5 heteroatoms. The van der Waals surface area contributed by atoms with Gasteiger partial charge in [0.2, 0.25) is 0 Å². The van der Waals surface area contributed by atoms with Gasteiger partial charge in [0.1, 0.15) is 5.69 Å². The first-order valence-electron chi connectivity index (χ1n) is 6.33. The highest BCUT2D eigenvalue weighted by Gasteiger charge is 2.30. The number of aliphatic carboxylic acids is 1. The number of hydrogen-bond acceptors (Lipinski definition) is 2. The van der Waals surface area contributed by atoms with Gasteiger partial charge in [0.05, 0.1) is 5.92 Å². The molecule has 1 heterocycles. The highest BCUT2D eigenvalue weighted by Crippen LogP contribution is 2.29. The molecule has 98 valence electrons. The molecule has 0 spiro atoms. The van der Waals surface area contributed by atoms with Crippen molar-refractivity contribution in [3.05, 3.63) is 24.0 Å².